The van der Waals surface area contributed by atoms with Crippen LogP contribution in [-0.4, -0.2) is 16.1 Å². The molecular formula is C10H6ClNO2S. The Morgan fingerprint density at radius 3 is 2.87 bits per heavy atom. The second-order valence-corrected chi connectivity index (χ2v) is 4.02. The van der Waals surface area contributed by atoms with Gasteiger partial charge < -0.3 is 5.11 Å². The summed E-state index contributed by atoms with van der Waals surface area (Å²) >= 11 is 7.23. The molecule has 0 aliphatic heterocycles. The summed E-state index contributed by atoms with van der Waals surface area (Å²) in [6, 6.07) is 4.65. The molecule has 0 aliphatic carbocycles. The van der Waals surface area contributed by atoms with Crippen molar-refractivity contribution in [2.45, 2.75) is 0 Å². The fraction of sp³-hybridized carbons (Fsp3) is 0. The lowest BCUT2D eigenvalue weighted by Crippen LogP contribution is -1.99. The van der Waals surface area contributed by atoms with Gasteiger partial charge in [0.2, 0.25) is 0 Å². The van der Waals surface area contributed by atoms with E-state index in [0.717, 1.165) is 0 Å². The molecular weight excluding hydrogens is 234 g/mol. The smallest absolute Gasteiger partial charge is 0.336 e. The van der Waals surface area contributed by atoms with E-state index in [-0.39, 0.29) is 5.56 Å². The van der Waals surface area contributed by atoms with Crippen LogP contribution < -0.4 is 0 Å². The monoisotopic (exact) mass is 239 g/mol. The number of hydrogen-bond acceptors (Lipinski definition) is 3. The van der Waals surface area contributed by atoms with Gasteiger partial charge in [-0.25, -0.2) is 9.78 Å². The number of aromatic carboxylic acids is 1. The van der Waals surface area contributed by atoms with Gasteiger partial charge in [0.25, 0.3) is 0 Å². The van der Waals surface area contributed by atoms with Crippen LogP contribution in [0.25, 0.3) is 11.3 Å². The number of aromatic nitrogens is 1. The van der Waals surface area contributed by atoms with E-state index in [1.807, 2.05) is 0 Å². The first-order valence-electron chi connectivity index (χ1n) is 4.10. The van der Waals surface area contributed by atoms with Crippen LogP contribution in [-0.2, 0) is 0 Å². The van der Waals surface area contributed by atoms with Crippen molar-refractivity contribution in [1.82, 2.24) is 4.98 Å². The van der Waals surface area contributed by atoms with Crippen molar-refractivity contribution in [3.8, 4) is 11.3 Å². The van der Waals surface area contributed by atoms with Crippen LogP contribution in [0.5, 0.6) is 0 Å². The zero-order valence-electron chi connectivity index (χ0n) is 7.48. The molecule has 1 aromatic heterocycles. The van der Waals surface area contributed by atoms with E-state index in [4.69, 9.17) is 16.7 Å². The van der Waals surface area contributed by atoms with E-state index in [0.29, 0.717) is 16.3 Å². The average Bonchev–Trinajstić information content (AvgIpc) is 2.69. The van der Waals surface area contributed by atoms with Gasteiger partial charge >= 0.3 is 5.97 Å². The fourth-order valence-electron chi connectivity index (χ4n) is 1.26. The van der Waals surface area contributed by atoms with Crippen molar-refractivity contribution in [2.24, 2.45) is 0 Å². The summed E-state index contributed by atoms with van der Waals surface area (Å²) < 4.78 is 0. The third-order valence-corrected chi connectivity index (χ3v) is 2.74. The molecule has 2 rings (SSSR count). The van der Waals surface area contributed by atoms with Crippen LogP contribution in [0.15, 0.2) is 29.1 Å². The molecule has 0 spiro atoms. The van der Waals surface area contributed by atoms with E-state index in [1.54, 1.807) is 23.0 Å². The van der Waals surface area contributed by atoms with Gasteiger partial charge in [0.05, 0.1) is 16.8 Å². The number of thiazole rings is 1. The van der Waals surface area contributed by atoms with Crippen molar-refractivity contribution in [3.05, 3.63) is 39.7 Å². The van der Waals surface area contributed by atoms with E-state index in [2.05, 4.69) is 4.98 Å². The van der Waals surface area contributed by atoms with Crippen molar-refractivity contribution in [2.75, 3.05) is 0 Å². The lowest BCUT2D eigenvalue weighted by Gasteiger charge is -2.03. The maximum Gasteiger partial charge on any atom is 0.336 e. The number of carbonyl (C=O) groups is 1. The van der Waals surface area contributed by atoms with Crippen LogP contribution in [0.1, 0.15) is 10.4 Å². The average molecular weight is 240 g/mol. The zero-order valence-corrected chi connectivity index (χ0v) is 9.05. The Bertz CT molecular complexity index is 496. The Morgan fingerprint density at radius 1 is 1.47 bits per heavy atom. The molecule has 3 nitrogen and oxygen atoms in total. The number of nitrogens with zero attached hydrogens (tertiary/aromatic N) is 1. The van der Waals surface area contributed by atoms with Gasteiger partial charge in [-0.05, 0) is 18.2 Å². The Morgan fingerprint density at radius 2 is 2.27 bits per heavy atom. The Kier molecular flexibility index (Phi) is 2.70. The minimum Gasteiger partial charge on any atom is -0.478 e. The number of benzene rings is 1. The van der Waals surface area contributed by atoms with E-state index in [1.165, 1.54) is 17.4 Å². The highest BCUT2D eigenvalue weighted by molar-refractivity contribution is 7.07. The molecule has 76 valence electrons. The van der Waals surface area contributed by atoms with Crippen LogP contribution in [0.3, 0.4) is 0 Å². The van der Waals surface area contributed by atoms with Gasteiger partial charge in [-0.3, -0.25) is 0 Å². The van der Waals surface area contributed by atoms with Crippen LogP contribution in [0.2, 0.25) is 5.02 Å². The predicted octanol–water partition coefficient (Wildman–Crippen LogP) is 3.16. The third-order valence-electron chi connectivity index (χ3n) is 1.92. The molecule has 0 bridgehead atoms. The quantitative estimate of drug-likeness (QED) is 0.876. The number of carboxylic acids is 1. The predicted molar refractivity (Wildman–Crippen MR) is 59.5 cm³/mol. The van der Waals surface area contributed by atoms with Gasteiger partial charge in [0.15, 0.2) is 0 Å². The minimum atomic E-state index is -0.977. The van der Waals surface area contributed by atoms with E-state index < -0.39 is 5.97 Å². The molecule has 0 aliphatic rings. The first-order chi connectivity index (χ1) is 7.18. The highest BCUT2D eigenvalue weighted by atomic mass is 35.5. The lowest BCUT2D eigenvalue weighted by atomic mass is 10.1. The molecule has 1 N–H and O–H groups in total. The molecule has 0 atom stereocenters. The van der Waals surface area contributed by atoms with Crippen LogP contribution >= 0.6 is 22.9 Å². The maximum absolute atomic E-state index is 11.0. The Hall–Kier alpha value is -1.39. The topological polar surface area (TPSA) is 50.2 Å². The van der Waals surface area contributed by atoms with Crippen molar-refractivity contribution < 1.29 is 9.90 Å². The number of carboxylic acid groups (broad SMARTS) is 1. The van der Waals surface area contributed by atoms with Crippen molar-refractivity contribution in [1.29, 1.82) is 0 Å². The molecule has 0 amide bonds. The first-order valence-corrected chi connectivity index (χ1v) is 5.42. The summed E-state index contributed by atoms with van der Waals surface area (Å²) in [5.74, 6) is -0.977. The lowest BCUT2D eigenvalue weighted by molar-refractivity contribution is 0.0697. The fourth-order valence-corrected chi connectivity index (χ4v) is 1.98. The van der Waals surface area contributed by atoms with Crippen molar-refractivity contribution in [3.63, 3.8) is 0 Å². The summed E-state index contributed by atoms with van der Waals surface area (Å²) in [5.41, 5.74) is 3.06. The largest absolute Gasteiger partial charge is 0.478 e. The summed E-state index contributed by atoms with van der Waals surface area (Å²) in [6.45, 7) is 0. The molecule has 15 heavy (non-hydrogen) atoms. The van der Waals surface area contributed by atoms with E-state index in [9.17, 15) is 4.79 Å². The highest BCUT2D eigenvalue weighted by Crippen LogP contribution is 2.26. The molecule has 0 radical (unpaired) electrons. The number of hydrogen-bond donors (Lipinski definition) is 1. The summed E-state index contributed by atoms with van der Waals surface area (Å²) in [6.07, 6.45) is 0. The van der Waals surface area contributed by atoms with Crippen molar-refractivity contribution >= 4 is 28.9 Å². The minimum absolute atomic E-state index is 0.213. The van der Waals surface area contributed by atoms with Gasteiger partial charge in [-0.15, -0.1) is 11.3 Å². The second kappa shape index (κ2) is 4.00. The second-order valence-electron chi connectivity index (χ2n) is 2.87. The van der Waals surface area contributed by atoms with Gasteiger partial charge in [-0.1, -0.05) is 11.6 Å². The number of halogens is 1. The van der Waals surface area contributed by atoms with Gasteiger partial charge in [-0.2, -0.15) is 0 Å². The summed E-state index contributed by atoms with van der Waals surface area (Å²) in [5, 5.41) is 11.3. The molecule has 1 aromatic carbocycles. The summed E-state index contributed by atoms with van der Waals surface area (Å²) in [4.78, 5) is 15.0. The maximum atomic E-state index is 11.0. The normalized spacial score (nSPS) is 10.2. The standard InChI is InChI=1S/C10H6ClNO2S/c11-6-1-2-7(10(13)14)8(3-6)9-4-15-5-12-9/h1-5H,(H,13,14). The van der Waals surface area contributed by atoms with E-state index >= 15 is 0 Å². The molecule has 1 heterocycles. The Labute approximate surface area is 95.0 Å². The molecule has 0 unspecified atom stereocenters. The zero-order chi connectivity index (χ0) is 10.8. The van der Waals surface area contributed by atoms with Crippen LogP contribution in [0.4, 0.5) is 0 Å². The van der Waals surface area contributed by atoms with Gasteiger partial charge in [0.1, 0.15) is 0 Å². The highest BCUT2D eigenvalue weighted by Gasteiger charge is 2.13. The number of rotatable bonds is 2. The van der Waals surface area contributed by atoms with Crippen LogP contribution in [0, 0.1) is 0 Å². The molecule has 0 fully saturated rings. The Balaban J connectivity index is 2.63. The third kappa shape index (κ3) is 2.00. The molecule has 0 saturated carbocycles. The molecule has 0 saturated heterocycles. The SMILES string of the molecule is O=C(O)c1ccc(Cl)cc1-c1cscn1. The van der Waals surface area contributed by atoms with Gasteiger partial charge in [0, 0.05) is 16.0 Å². The molecule has 5 heteroatoms. The first kappa shape index (κ1) is 10.1. The summed E-state index contributed by atoms with van der Waals surface area (Å²) in [7, 11) is 0. The molecule has 2 aromatic rings.